The Kier molecular flexibility index (Phi) is 3.48. The Morgan fingerprint density at radius 1 is 1.36 bits per heavy atom. The van der Waals surface area contributed by atoms with E-state index in [9.17, 15) is 0 Å². The van der Waals surface area contributed by atoms with Gasteiger partial charge in [-0.25, -0.2) is 4.98 Å². The Morgan fingerprint density at radius 3 is 3.18 bits per heavy atom. The molecule has 2 aromatic heterocycles. The Bertz CT molecular complexity index is 781. The zero-order valence-electron chi connectivity index (χ0n) is 12.0. The highest BCUT2D eigenvalue weighted by atomic mass is 32.1. The topological polar surface area (TPSA) is 77.8 Å². The molecule has 5 nitrogen and oxygen atoms in total. The summed E-state index contributed by atoms with van der Waals surface area (Å²) < 4.78 is 5.40. The summed E-state index contributed by atoms with van der Waals surface area (Å²) in [7, 11) is 0. The smallest absolute Gasteiger partial charge is 0.257 e. The molecule has 6 heteroatoms. The van der Waals surface area contributed by atoms with E-state index in [-0.39, 0.29) is 6.04 Å². The lowest BCUT2D eigenvalue weighted by molar-refractivity contribution is 0.423. The predicted octanol–water partition coefficient (Wildman–Crippen LogP) is 3.12. The fourth-order valence-electron chi connectivity index (χ4n) is 2.91. The van der Waals surface area contributed by atoms with Crippen molar-refractivity contribution in [2.75, 3.05) is 0 Å². The molecule has 0 amide bonds. The van der Waals surface area contributed by atoms with Crippen LogP contribution in [0.15, 0.2) is 33.6 Å². The van der Waals surface area contributed by atoms with Crippen molar-refractivity contribution in [2.24, 2.45) is 5.73 Å². The van der Waals surface area contributed by atoms with E-state index in [0.29, 0.717) is 18.1 Å². The fourth-order valence-corrected chi connectivity index (χ4v) is 3.47. The average molecular weight is 312 g/mol. The van der Waals surface area contributed by atoms with E-state index in [2.05, 4.69) is 27.3 Å². The van der Waals surface area contributed by atoms with Crippen molar-refractivity contribution in [2.45, 2.75) is 31.7 Å². The summed E-state index contributed by atoms with van der Waals surface area (Å²) in [6.07, 6.45) is 3.86. The van der Waals surface area contributed by atoms with Gasteiger partial charge in [-0.2, -0.15) is 4.98 Å². The molecule has 1 aliphatic rings. The lowest BCUT2D eigenvalue weighted by atomic mass is 9.87. The van der Waals surface area contributed by atoms with Gasteiger partial charge in [0.2, 0.25) is 0 Å². The first-order valence-corrected chi connectivity index (χ1v) is 8.32. The maximum atomic E-state index is 6.16. The number of nitrogens with two attached hydrogens (primary N) is 1. The van der Waals surface area contributed by atoms with Gasteiger partial charge in [-0.3, -0.25) is 0 Å². The van der Waals surface area contributed by atoms with Crippen LogP contribution in [0.2, 0.25) is 0 Å². The molecule has 4 rings (SSSR count). The van der Waals surface area contributed by atoms with Crippen LogP contribution in [0.5, 0.6) is 0 Å². The van der Waals surface area contributed by atoms with Crippen molar-refractivity contribution < 1.29 is 4.52 Å². The summed E-state index contributed by atoms with van der Waals surface area (Å²) >= 11 is 1.57. The molecule has 0 saturated heterocycles. The number of aromatic nitrogens is 3. The van der Waals surface area contributed by atoms with Crippen molar-refractivity contribution >= 4 is 11.3 Å². The van der Waals surface area contributed by atoms with Crippen molar-refractivity contribution in [3.63, 3.8) is 0 Å². The summed E-state index contributed by atoms with van der Waals surface area (Å²) in [6, 6.07) is 6.40. The average Bonchev–Trinajstić information content (AvgIpc) is 3.20. The van der Waals surface area contributed by atoms with Gasteiger partial charge in [0.1, 0.15) is 0 Å². The van der Waals surface area contributed by atoms with Gasteiger partial charge in [0, 0.05) is 17.0 Å². The third kappa shape index (κ3) is 2.55. The Morgan fingerprint density at radius 2 is 2.32 bits per heavy atom. The third-order valence-electron chi connectivity index (χ3n) is 4.04. The van der Waals surface area contributed by atoms with Crippen LogP contribution >= 0.6 is 11.3 Å². The molecule has 3 aromatic rings. The predicted molar refractivity (Wildman–Crippen MR) is 84.5 cm³/mol. The Hall–Kier alpha value is -2.05. The number of hydrogen-bond donors (Lipinski definition) is 1. The van der Waals surface area contributed by atoms with E-state index in [1.54, 1.807) is 11.3 Å². The van der Waals surface area contributed by atoms with E-state index in [1.807, 2.05) is 17.0 Å². The second-order valence-electron chi connectivity index (χ2n) is 5.58. The number of hydrogen-bond acceptors (Lipinski definition) is 6. The number of aryl methyl sites for hydroxylation is 1. The fraction of sp³-hybridized carbons (Fsp3) is 0.312. The second kappa shape index (κ2) is 5.62. The van der Waals surface area contributed by atoms with Gasteiger partial charge in [0.05, 0.1) is 17.6 Å². The van der Waals surface area contributed by atoms with Crippen LogP contribution in [0.1, 0.15) is 41.5 Å². The molecule has 0 saturated carbocycles. The van der Waals surface area contributed by atoms with Gasteiger partial charge in [0.25, 0.3) is 5.89 Å². The molecule has 2 heterocycles. The van der Waals surface area contributed by atoms with E-state index in [0.717, 1.165) is 30.5 Å². The molecular weight excluding hydrogens is 296 g/mol. The van der Waals surface area contributed by atoms with Gasteiger partial charge < -0.3 is 10.3 Å². The van der Waals surface area contributed by atoms with Crippen molar-refractivity contribution in [1.29, 1.82) is 0 Å². The number of nitrogens with zero attached hydrogens (tertiary/aromatic N) is 3. The van der Waals surface area contributed by atoms with E-state index in [4.69, 9.17) is 10.3 Å². The standard InChI is InChI=1S/C16H16N4OS/c17-14-3-1-2-10-6-11(4-5-13(10)14)16-19-15(20-21-16)7-12-8-22-9-18-12/h4-6,8-9,14H,1-3,7,17H2. The molecule has 1 atom stereocenters. The van der Waals surface area contributed by atoms with Gasteiger partial charge in [-0.05, 0) is 42.5 Å². The molecule has 1 aromatic carbocycles. The van der Waals surface area contributed by atoms with Crippen LogP contribution in [-0.4, -0.2) is 15.1 Å². The first-order chi connectivity index (χ1) is 10.8. The zero-order chi connectivity index (χ0) is 14.9. The quantitative estimate of drug-likeness (QED) is 0.804. The molecule has 0 fully saturated rings. The SMILES string of the molecule is NC1CCCc2cc(-c3nc(Cc4cscn4)no3)ccc21. The number of fused-ring (bicyclic) bond motifs is 1. The highest BCUT2D eigenvalue weighted by Crippen LogP contribution is 2.31. The first kappa shape index (κ1) is 13.6. The third-order valence-corrected chi connectivity index (χ3v) is 4.68. The maximum Gasteiger partial charge on any atom is 0.257 e. The summed E-state index contributed by atoms with van der Waals surface area (Å²) in [5.41, 5.74) is 12.4. The summed E-state index contributed by atoms with van der Waals surface area (Å²) in [6.45, 7) is 0. The van der Waals surface area contributed by atoms with Crippen molar-refractivity contribution in [1.82, 2.24) is 15.1 Å². The minimum Gasteiger partial charge on any atom is -0.334 e. The number of thiazole rings is 1. The number of rotatable bonds is 3. The molecule has 0 spiro atoms. The second-order valence-corrected chi connectivity index (χ2v) is 6.30. The summed E-state index contributed by atoms with van der Waals surface area (Å²) in [5.74, 6) is 1.22. The molecule has 2 N–H and O–H groups in total. The van der Waals surface area contributed by atoms with E-state index >= 15 is 0 Å². The Balaban J connectivity index is 1.61. The van der Waals surface area contributed by atoms with Crippen molar-refractivity contribution in [3.05, 3.63) is 51.7 Å². The molecule has 0 radical (unpaired) electrons. The van der Waals surface area contributed by atoms with E-state index in [1.165, 1.54) is 11.1 Å². The molecule has 0 aliphatic heterocycles. The molecule has 0 bridgehead atoms. The molecule has 1 aliphatic carbocycles. The molecule has 1 unspecified atom stereocenters. The molecule has 112 valence electrons. The van der Waals surface area contributed by atoms with E-state index < -0.39 is 0 Å². The van der Waals surface area contributed by atoms with Crippen LogP contribution in [0.25, 0.3) is 11.5 Å². The molecule has 22 heavy (non-hydrogen) atoms. The first-order valence-electron chi connectivity index (χ1n) is 7.38. The summed E-state index contributed by atoms with van der Waals surface area (Å²) in [4.78, 5) is 8.72. The largest absolute Gasteiger partial charge is 0.334 e. The van der Waals surface area contributed by atoms with Gasteiger partial charge in [-0.1, -0.05) is 11.2 Å². The molecular formula is C16H16N4OS. The van der Waals surface area contributed by atoms with Crippen LogP contribution < -0.4 is 5.73 Å². The Labute approximate surface area is 132 Å². The number of benzene rings is 1. The van der Waals surface area contributed by atoms with Crippen LogP contribution in [-0.2, 0) is 12.8 Å². The van der Waals surface area contributed by atoms with Gasteiger partial charge in [-0.15, -0.1) is 11.3 Å². The highest BCUT2D eigenvalue weighted by Gasteiger charge is 2.18. The lowest BCUT2D eigenvalue weighted by Gasteiger charge is -2.22. The van der Waals surface area contributed by atoms with Crippen LogP contribution in [0.4, 0.5) is 0 Å². The van der Waals surface area contributed by atoms with Crippen LogP contribution in [0, 0.1) is 0 Å². The maximum absolute atomic E-state index is 6.16. The van der Waals surface area contributed by atoms with Crippen molar-refractivity contribution in [3.8, 4) is 11.5 Å². The lowest BCUT2D eigenvalue weighted by Crippen LogP contribution is -2.17. The zero-order valence-corrected chi connectivity index (χ0v) is 12.8. The highest BCUT2D eigenvalue weighted by molar-refractivity contribution is 7.07. The normalized spacial score (nSPS) is 17.4. The van der Waals surface area contributed by atoms with Gasteiger partial charge in [0.15, 0.2) is 5.82 Å². The van der Waals surface area contributed by atoms with Gasteiger partial charge >= 0.3 is 0 Å². The van der Waals surface area contributed by atoms with Crippen LogP contribution in [0.3, 0.4) is 0 Å². The minimum atomic E-state index is 0.153. The minimum absolute atomic E-state index is 0.153. The summed E-state index contributed by atoms with van der Waals surface area (Å²) in [5, 5.41) is 6.04. The monoisotopic (exact) mass is 312 g/mol.